The van der Waals surface area contributed by atoms with Crippen molar-refractivity contribution in [3.63, 3.8) is 0 Å². The van der Waals surface area contributed by atoms with Crippen molar-refractivity contribution in [1.29, 1.82) is 0 Å². The summed E-state index contributed by atoms with van der Waals surface area (Å²) in [4.78, 5) is 0. The summed E-state index contributed by atoms with van der Waals surface area (Å²) in [6.07, 6.45) is 0.803. The number of alkyl halides is 3. The van der Waals surface area contributed by atoms with E-state index in [1.165, 1.54) is 12.1 Å². The first-order valence-electron chi connectivity index (χ1n) is 9.16. The molecular formula is C24H17F5O. The van der Waals surface area contributed by atoms with Crippen LogP contribution in [0.4, 0.5) is 22.0 Å². The first kappa shape index (κ1) is 21.4. The average Bonchev–Trinajstić information content (AvgIpc) is 2.69. The topological polar surface area (TPSA) is 9.23 Å². The predicted molar refractivity (Wildman–Crippen MR) is 106 cm³/mol. The molecule has 3 aromatic rings. The molecule has 0 fully saturated rings. The molecule has 0 saturated carbocycles. The lowest BCUT2D eigenvalue weighted by Crippen LogP contribution is -2.17. The van der Waals surface area contributed by atoms with Gasteiger partial charge in [-0.1, -0.05) is 48.3 Å². The third-order valence-electron chi connectivity index (χ3n) is 4.35. The molecule has 1 nitrogen and oxygen atoms in total. The fourth-order valence-electron chi connectivity index (χ4n) is 2.94. The van der Waals surface area contributed by atoms with Gasteiger partial charge in [-0.3, -0.25) is 0 Å². The van der Waals surface area contributed by atoms with Crippen molar-refractivity contribution in [2.24, 2.45) is 0 Å². The molecule has 0 N–H and O–H groups in total. The van der Waals surface area contributed by atoms with Crippen molar-refractivity contribution in [3.8, 4) is 17.6 Å². The molecule has 0 amide bonds. The van der Waals surface area contributed by atoms with Crippen LogP contribution in [0.2, 0.25) is 0 Å². The van der Waals surface area contributed by atoms with Crippen molar-refractivity contribution < 1.29 is 26.7 Å². The number of hydrogen-bond acceptors (Lipinski definition) is 1. The Labute approximate surface area is 170 Å². The molecule has 6 heteroatoms. The van der Waals surface area contributed by atoms with Crippen molar-refractivity contribution >= 4 is 10.8 Å². The molecule has 154 valence electrons. The largest absolute Gasteiger partial charge is 0.573 e. The summed E-state index contributed by atoms with van der Waals surface area (Å²) < 4.78 is 68.8. The predicted octanol–water partition coefficient (Wildman–Crippen LogP) is 6.93. The highest BCUT2D eigenvalue weighted by Gasteiger charge is 2.32. The normalized spacial score (nSPS) is 11.5. The van der Waals surface area contributed by atoms with Gasteiger partial charge in [-0.25, -0.2) is 8.78 Å². The molecule has 0 aliphatic heterocycles. The minimum absolute atomic E-state index is 0.0980. The van der Waals surface area contributed by atoms with Crippen LogP contribution in [-0.2, 0) is 6.42 Å². The van der Waals surface area contributed by atoms with Gasteiger partial charge in [0.2, 0.25) is 0 Å². The maximum absolute atomic E-state index is 14.8. The van der Waals surface area contributed by atoms with E-state index in [9.17, 15) is 22.0 Å². The van der Waals surface area contributed by atoms with Crippen LogP contribution in [0.3, 0.4) is 0 Å². The van der Waals surface area contributed by atoms with E-state index < -0.39 is 23.7 Å². The highest BCUT2D eigenvalue weighted by atomic mass is 19.4. The van der Waals surface area contributed by atoms with Crippen LogP contribution in [0.25, 0.3) is 10.8 Å². The van der Waals surface area contributed by atoms with E-state index in [0.717, 1.165) is 35.9 Å². The molecule has 0 saturated heterocycles. The van der Waals surface area contributed by atoms with E-state index in [0.29, 0.717) is 5.39 Å². The number of fused-ring (bicyclic) bond motifs is 1. The number of ether oxygens (including phenoxy) is 1. The maximum atomic E-state index is 14.8. The van der Waals surface area contributed by atoms with Gasteiger partial charge in [0.15, 0.2) is 11.6 Å². The third-order valence-corrected chi connectivity index (χ3v) is 4.35. The Bertz CT molecular complexity index is 1150. The smallest absolute Gasteiger partial charge is 0.403 e. The Balaban J connectivity index is 1.85. The van der Waals surface area contributed by atoms with E-state index in [4.69, 9.17) is 0 Å². The van der Waals surface area contributed by atoms with Gasteiger partial charge in [0.1, 0.15) is 5.82 Å². The second-order valence-electron chi connectivity index (χ2n) is 6.53. The van der Waals surface area contributed by atoms with Gasteiger partial charge in [0.25, 0.3) is 0 Å². The third kappa shape index (κ3) is 5.38. The van der Waals surface area contributed by atoms with Crippen LogP contribution in [0, 0.1) is 23.5 Å². The molecule has 0 bridgehead atoms. The molecule has 0 aliphatic carbocycles. The molecule has 3 aromatic carbocycles. The summed E-state index contributed by atoms with van der Waals surface area (Å²) >= 11 is 0. The lowest BCUT2D eigenvalue weighted by atomic mass is 10.0. The zero-order valence-electron chi connectivity index (χ0n) is 16.0. The summed E-state index contributed by atoms with van der Waals surface area (Å²) in [5.74, 6) is 2.52. The fraction of sp³-hybridized carbons (Fsp3) is 0.167. The minimum Gasteiger partial charge on any atom is -0.403 e. The Morgan fingerprint density at radius 3 is 2.47 bits per heavy atom. The lowest BCUT2D eigenvalue weighted by Gasteiger charge is -2.09. The van der Waals surface area contributed by atoms with Crippen LogP contribution in [-0.4, -0.2) is 6.36 Å². The van der Waals surface area contributed by atoms with Crippen LogP contribution < -0.4 is 4.74 Å². The SMILES string of the molecule is C/C=C/CCc1ccc2c(F)c(C#Cc3ccc(OC(F)(F)F)c(F)c3)ccc2c1. The first-order valence-corrected chi connectivity index (χ1v) is 9.16. The molecular weight excluding hydrogens is 399 g/mol. The van der Waals surface area contributed by atoms with Crippen molar-refractivity contribution in [2.75, 3.05) is 0 Å². The Kier molecular flexibility index (Phi) is 6.41. The molecule has 0 unspecified atom stereocenters. The molecule has 0 atom stereocenters. The monoisotopic (exact) mass is 416 g/mol. The molecule has 0 heterocycles. The van der Waals surface area contributed by atoms with Crippen molar-refractivity contribution in [1.82, 2.24) is 0 Å². The molecule has 0 radical (unpaired) electrons. The maximum Gasteiger partial charge on any atom is 0.573 e. The van der Waals surface area contributed by atoms with Crippen molar-refractivity contribution in [3.05, 3.63) is 89.0 Å². The summed E-state index contributed by atoms with van der Waals surface area (Å²) in [5.41, 5.74) is 1.30. The Morgan fingerprint density at radius 2 is 1.77 bits per heavy atom. The number of aryl methyl sites for hydroxylation is 1. The van der Waals surface area contributed by atoms with Crippen LogP contribution >= 0.6 is 0 Å². The lowest BCUT2D eigenvalue weighted by molar-refractivity contribution is -0.275. The van der Waals surface area contributed by atoms with Gasteiger partial charge >= 0.3 is 6.36 Å². The van der Waals surface area contributed by atoms with E-state index in [-0.39, 0.29) is 11.1 Å². The van der Waals surface area contributed by atoms with Gasteiger partial charge in [-0.05, 0) is 55.0 Å². The van der Waals surface area contributed by atoms with Crippen LogP contribution in [0.1, 0.15) is 30.0 Å². The molecule has 3 rings (SSSR count). The van der Waals surface area contributed by atoms with Gasteiger partial charge in [0, 0.05) is 10.9 Å². The van der Waals surface area contributed by atoms with Crippen LogP contribution in [0.15, 0.2) is 60.7 Å². The van der Waals surface area contributed by atoms with E-state index in [1.54, 1.807) is 12.1 Å². The summed E-state index contributed by atoms with van der Waals surface area (Å²) in [7, 11) is 0. The van der Waals surface area contributed by atoms with E-state index in [2.05, 4.69) is 22.7 Å². The van der Waals surface area contributed by atoms with E-state index >= 15 is 0 Å². The standard InChI is InChI=1S/C24H17F5O/c1-2-3-4-5-16-7-12-20-19(14-16)11-10-18(23(20)26)9-6-17-8-13-22(21(25)15-17)30-24(27,28)29/h2-3,7-8,10-15H,4-5H2,1H3/b3-2+. The number of allylic oxidation sites excluding steroid dienone is 2. The zero-order chi connectivity index (χ0) is 21.7. The molecule has 30 heavy (non-hydrogen) atoms. The van der Waals surface area contributed by atoms with Gasteiger partial charge in [-0.2, -0.15) is 0 Å². The molecule has 0 aliphatic rings. The average molecular weight is 416 g/mol. The highest BCUT2D eigenvalue weighted by molar-refractivity contribution is 5.85. The quantitative estimate of drug-likeness (QED) is 0.255. The van der Waals surface area contributed by atoms with Gasteiger partial charge < -0.3 is 4.74 Å². The summed E-state index contributed by atoms with van der Waals surface area (Å²) in [5, 5.41) is 1.16. The second-order valence-corrected chi connectivity index (χ2v) is 6.53. The molecule has 0 spiro atoms. The number of hydrogen-bond donors (Lipinski definition) is 0. The Morgan fingerprint density at radius 1 is 0.967 bits per heavy atom. The first-order chi connectivity index (χ1) is 14.3. The van der Waals surface area contributed by atoms with Gasteiger partial charge in [0.05, 0.1) is 5.56 Å². The van der Waals surface area contributed by atoms with Gasteiger partial charge in [-0.15, -0.1) is 13.2 Å². The zero-order valence-corrected chi connectivity index (χ0v) is 16.0. The van der Waals surface area contributed by atoms with E-state index in [1.807, 2.05) is 25.1 Å². The fourth-order valence-corrected chi connectivity index (χ4v) is 2.94. The molecule has 0 aromatic heterocycles. The second kappa shape index (κ2) is 9.00. The summed E-state index contributed by atoms with van der Waals surface area (Å²) in [6.45, 7) is 1.96. The Hall–Kier alpha value is -3.33. The van der Waals surface area contributed by atoms with Crippen LogP contribution in [0.5, 0.6) is 5.75 Å². The number of benzene rings is 3. The number of halogens is 5. The minimum atomic E-state index is -4.99. The highest BCUT2D eigenvalue weighted by Crippen LogP contribution is 2.26. The summed E-state index contributed by atoms with van der Waals surface area (Å²) in [6, 6.07) is 11.6. The number of rotatable bonds is 4. The van der Waals surface area contributed by atoms with Crippen molar-refractivity contribution in [2.45, 2.75) is 26.1 Å².